The van der Waals surface area contributed by atoms with Gasteiger partial charge in [0.2, 0.25) is 0 Å². The molecule has 1 heterocycles. The van der Waals surface area contributed by atoms with Gasteiger partial charge in [-0.3, -0.25) is 4.68 Å². The van der Waals surface area contributed by atoms with Crippen LogP contribution in [0.25, 0.3) is 11.1 Å². The maximum Gasteiger partial charge on any atom is 0.0571 e. The number of rotatable bonds is 4. The van der Waals surface area contributed by atoms with Crippen LogP contribution in [0.3, 0.4) is 0 Å². The quantitative estimate of drug-likeness (QED) is 0.894. The van der Waals surface area contributed by atoms with Gasteiger partial charge in [0, 0.05) is 17.8 Å². The molecule has 0 fully saturated rings. The van der Waals surface area contributed by atoms with E-state index in [0.717, 1.165) is 13.1 Å². The van der Waals surface area contributed by atoms with E-state index in [2.05, 4.69) is 54.1 Å². The Kier molecular flexibility index (Phi) is 3.82. The Labute approximate surface area is 109 Å². The van der Waals surface area contributed by atoms with E-state index < -0.39 is 0 Å². The fraction of sp³-hybridized carbons (Fsp3) is 0.400. The van der Waals surface area contributed by atoms with Crippen molar-refractivity contribution in [1.29, 1.82) is 0 Å². The molecule has 0 atom stereocenters. The van der Waals surface area contributed by atoms with Crippen molar-refractivity contribution in [2.75, 3.05) is 13.6 Å². The first kappa shape index (κ1) is 12.8. The molecule has 96 valence electrons. The third-order valence-electron chi connectivity index (χ3n) is 3.35. The molecule has 0 amide bonds. The molecule has 0 radical (unpaired) electrons. The Hall–Kier alpha value is -1.61. The topological polar surface area (TPSA) is 29.9 Å². The second kappa shape index (κ2) is 5.36. The van der Waals surface area contributed by atoms with Crippen LogP contribution in [0, 0.1) is 20.8 Å². The van der Waals surface area contributed by atoms with Crippen LogP contribution >= 0.6 is 0 Å². The van der Waals surface area contributed by atoms with Crippen LogP contribution in [0.5, 0.6) is 0 Å². The van der Waals surface area contributed by atoms with Crippen molar-refractivity contribution in [1.82, 2.24) is 15.1 Å². The first-order chi connectivity index (χ1) is 8.63. The smallest absolute Gasteiger partial charge is 0.0571 e. The zero-order valence-corrected chi connectivity index (χ0v) is 11.6. The Morgan fingerprint density at radius 1 is 1.17 bits per heavy atom. The maximum atomic E-state index is 4.47. The summed E-state index contributed by atoms with van der Waals surface area (Å²) in [5, 5.41) is 7.62. The fourth-order valence-electron chi connectivity index (χ4n) is 2.27. The van der Waals surface area contributed by atoms with Crippen molar-refractivity contribution in [2.45, 2.75) is 27.3 Å². The minimum Gasteiger partial charge on any atom is -0.318 e. The van der Waals surface area contributed by atoms with Gasteiger partial charge in [0.25, 0.3) is 0 Å². The van der Waals surface area contributed by atoms with E-state index in [1.165, 1.54) is 27.9 Å². The number of hydrogen-bond acceptors (Lipinski definition) is 2. The zero-order valence-electron chi connectivity index (χ0n) is 11.6. The second-order valence-corrected chi connectivity index (χ2v) is 4.79. The predicted octanol–water partition coefficient (Wildman–Crippen LogP) is 2.69. The summed E-state index contributed by atoms with van der Waals surface area (Å²) >= 11 is 0. The van der Waals surface area contributed by atoms with Gasteiger partial charge in [0.15, 0.2) is 0 Å². The number of hydrogen-bond donors (Lipinski definition) is 1. The standard InChI is InChI=1S/C15H21N3/c1-11-5-6-14(12(2)9-11)15-10-17-18(13(15)3)8-7-16-4/h5-6,9-10,16H,7-8H2,1-4H3. The van der Waals surface area contributed by atoms with Gasteiger partial charge in [-0.05, 0) is 38.9 Å². The summed E-state index contributed by atoms with van der Waals surface area (Å²) in [6.45, 7) is 8.27. The van der Waals surface area contributed by atoms with Gasteiger partial charge in [-0.1, -0.05) is 23.8 Å². The van der Waals surface area contributed by atoms with Crippen molar-refractivity contribution in [3.8, 4) is 11.1 Å². The van der Waals surface area contributed by atoms with Crippen LogP contribution in [-0.4, -0.2) is 23.4 Å². The number of aryl methyl sites for hydroxylation is 2. The van der Waals surface area contributed by atoms with Gasteiger partial charge in [-0.15, -0.1) is 0 Å². The van der Waals surface area contributed by atoms with E-state index in [1.54, 1.807) is 0 Å². The van der Waals surface area contributed by atoms with Crippen molar-refractivity contribution < 1.29 is 0 Å². The molecule has 18 heavy (non-hydrogen) atoms. The molecule has 2 aromatic rings. The van der Waals surface area contributed by atoms with Crippen molar-refractivity contribution in [3.05, 3.63) is 41.2 Å². The van der Waals surface area contributed by atoms with E-state index in [-0.39, 0.29) is 0 Å². The first-order valence-electron chi connectivity index (χ1n) is 6.38. The molecule has 1 aromatic carbocycles. The van der Waals surface area contributed by atoms with Crippen molar-refractivity contribution in [2.24, 2.45) is 0 Å². The van der Waals surface area contributed by atoms with Crippen LogP contribution in [-0.2, 0) is 6.54 Å². The average Bonchev–Trinajstić information content (AvgIpc) is 2.68. The molecule has 0 aliphatic heterocycles. The number of nitrogens with one attached hydrogen (secondary N) is 1. The van der Waals surface area contributed by atoms with Crippen LogP contribution < -0.4 is 5.32 Å². The van der Waals surface area contributed by atoms with E-state index >= 15 is 0 Å². The number of likely N-dealkylation sites (N-methyl/N-ethyl adjacent to an activating group) is 1. The fourth-order valence-corrected chi connectivity index (χ4v) is 2.27. The molecule has 3 heteroatoms. The lowest BCUT2D eigenvalue weighted by atomic mass is 9.99. The van der Waals surface area contributed by atoms with Gasteiger partial charge in [0.1, 0.15) is 0 Å². The molecule has 3 nitrogen and oxygen atoms in total. The predicted molar refractivity (Wildman–Crippen MR) is 75.8 cm³/mol. The van der Waals surface area contributed by atoms with E-state index in [0.29, 0.717) is 0 Å². The van der Waals surface area contributed by atoms with Crippen LogP contribution in [0.15, 0.2) is 24.4 Å². The minimum atomic E-state index is 0.910. The van der Waals surface area contributed by atoms with E-state index in [9.17, 15) is 0 Å². The SMILES string of the molecule is CNCCn1ncc(-c2ccc(C)cc2C)c1C. The van der Waals surface area contributed by atoms with Gasteiger partial charge >= 0.3 is 0 Å². The van der Waals surface area contributed by atoms with Gasteiger partial charge in [-0.2, -0.15) is 5.10 Å². The lowest BCUT2D eigenvalue weighted by Crippen LogP contribution is -2.16. The molecule has 2 rings (SSSR count). The number of benzene rings is 1. The summed E-state index contributed by atoms with van der Waals surface area (Å²) in [5.74, 6) is 0. The first-order valence-corrected chi connectivity index (χ1v) is 6.38. The molecule has 0 saturated heterocycles. The summed E-state index contributed by atoms with van der Waals surface area (Å²) < 4.78 is 2.06. The molecule has 0 saturated carbocycles. The van der Waals surface area contributed by atoms with Crippen LogP contribution in [0.4, 0.5) is 0 Å². The van der Waals surface area contributed by atoms with Crippen LogP contribution in [0.1, 0.15) is 16.8 Å². The Morgan fingerprint density at radius 3 is 2.61 bits per heavy atom. The normalized spacial score (nSPS) is 10.9. The summed E-state index contributed by atoms with van der Waals surface area (Å²) in [6, 6.07) is 6.57. The minimum absolute atomic E-state index is 0.910. The third kappa shape index (κ3) is 2.46. The van der Waals surface area contributed by atoms with E-state index in [1.807, 2.05) is 13.2 Å². The molecular weight excluding hydrogens is 222 g/mol. The largest absolute Gasteiger partial charge is 0.318 e. The highest BCUT2D eigenvalue weighted by Gasteiger charge is 2.10. The van der Waals surface area contributed by atoms with Gasteiger partial charge < -0.3 is 5.32 Å². The third-order valence-corrected chi connectivity index (χ3v) is 3.35. The van der Waals surface area contributed by atoms with Crippen LogP contribution in [0.2, 0.25) is 0 Å². The summed E-state index contributed by atoms with van der Waals surface area (Å²) in [4.78, 5) is 0. The molecule has 1 N–H and O–H groups in total. The number of aromatic nitrogens is 2. The zero-order chi connectivity index (χ0) is 13.1. The van der Waals surface area contributed by atoms with Crippen molar-refractivity contribution >= 4 is 0 Å². The van der Waals surface area contributed by atoms with Crippen molar-refractivity contribution in [3.63, 3.8) is 0 Å². The lowest BCUT2D eigenvalue weighted by molar-refractivity contribution is 0.572. The maximum absolute atomic E-state index is 4.47. The molecule has 0 unspecified atom stereocenters. The van der Waals surface area contributed by atoms with Gasteiger partial charge in [0.05, 0.1) is 12.7 Å². The molecule has 0 aliphatic carbocycles. The molecule has 0 aliphatic rings. The highest BCUT2D eigenvalue weighted by molar-refractivity contribution is 5.69. The molecule has 0 bridgehead atoms. The highest BCUT2D eigenvalue weighted by atomic mass is 15.3. The summed E-state index contributed by atoms with van der Waals surface area (Å²) in [7, 11) is 1.96. The Bertz CT molecular complexity index is 541. The monoisotopic (exact) mass is 243 g/mol. The van der Waals surface area contributed by atoms with E-state index in [4.69, 9.17) is 0 Å². The second-order valence-electron chi connectivity index (χ2n) is 4.79. The molecular formula is C15H21N3. The lowest BCUT2D eigenvalue weighted by Gasteiger charge is -2.08. The number of nitrogens with zero attached hydrogens (tertiary/aromatic N) is 2. The Morgan fingerprint density at radius 2 is 1.94 bits per heavy atom. The van der Waals surface area contributed by atoms with Gasteiger partial charge in [-0.25, -0.2) is 0 Å². The highest BCUT2D eigenvalue weighted by Crippen LogP contribution is 2.26. The Balaban J connectivity index is 2.36. The molecule has 1 aromatic heterocycles. The average molecular weight is 243 g/mol. The summed E-state index contributed by atoms with van der Waals surface area (Å²) in [6.07, 6.45) is 1.97. The summed E-state index contributed by atoms with van der Waals surface area (Å²) in [5.41, 5.74) is 6.37. The molecule has 0 spiro atoms.